The Morgan fingerprint density at radius 1 is 1.00 bits per heavy atom. The molecule has 1 aliphatic rings. The maximum atomic E-state index is 5.90. The van der Waals surface area contributed by atoms with Gasteiger partial charge in [0.1, 0.15) is 11.5 Å². The summed E-state index contributed by atoms with van der Waals surface area (Å²) in [6, 6.07) is 23.6. The number of benzene rings is 3. The maximum Gasteiger partial charge on any atom is 0.124 e. The van der Waals surface area contributed by atoms with E-state index in [1.54, 1.807) is 7.11 Å². The Labute approximate surface area is 184 Å². The number of rotatable bonds is 6. The van der Waals surface area contributed by atoms with Gasteiger partial charge in [0.2, 0.25) is 0 Å². The van der Waals surface area contributed by atoms with Gasteiger partial charge in [-0.15, -0.1) is 11.8 Å². The lowest BCUT2D eigenvalue weighted by Crippen LogP contribution is -2.25. The van der Waals surface area contributed by atoms with Gasteiger partial charge in [-0.2, -0.15) is 0 Å². The molecule has 0 aliphatic carbocycles. The van der Waals surface area contributed by atoms with Gasteiger partial charge < -0.3 is 14.4 Å². The smallest absolute Gasteiger partial charge is 0.124 e. The summed E-state index contributed by atoms with van der Waals surface area (Å²) in [6.07, 6.45) is 1.09. The van der Waals surface area contributed by atoms with E-state index in [0.29, 0.717) is 11.9 Å². The molecule has 3 nitrogen and oxygen atoms in total. The summed E-state index contributed by atoms with van der Waals surface area (Å²) in [7, 11) is 1.71. The minimum atomic E-state index is 0.420. The van der Waals surface area contributed by atoms with Gasteiger partial charge in [0, 0.05) is 28.8 Å². The molecule has 0 bridgehead atoms. The number of methoxy groups -OCH3 is 1. The summed E-state index contributed by atoms with van der Waals surface area (Å²) in [6.45, 7) is 6.79. The Morgan fingerprint density at radius 3 is 2.57 bits per heavy atom. The third-order valence-corrected chi connectivity index (χ3v) is 6.94. The van der Waals surface area contributed by atoms with Crippen LogP contribution in [0.2, 0.25) is 0 Å². The second-order valence-corrected chi connectivity index (χ2v) is 8.80. The number of ether oxygens (including phenoxy) is 2. The van der Waals surface area contributed by atoms with Crippen molar-refractivity contribution < 1.29 is 9.47 Å². The van der Waals surface area contributed by atoms with Crippen molar-refractivity contribution in [3.63, 3.8) is 0 Å². The lowest BCUT2D eigenvalue weighted by Gasteiger charge is -2.27. The summed E-state index contributed by atoms with van der Waals surface area (Å²) >= 11 is 1.97. The Balaban J connectivity index is 1.65. The first-order chi connectivity index (χ1) is 14.7. The predicted octanol–water partition coefficient (Wildman–Crippen LogP) is 6.65. The van der Waals surface area contributed by atoms with E-state index in [9.17, 15) is 0 Å². The van der Waals surface area contributed by atoms with E-state index in [-0.39, 0.29) is 0 Å². The highest BCUT2D eigenvalue weighted by atomic mass is 32.2. The van der Waals surface area contributed by atoms with E-state index in [4.69, 9.17) is 9.47 Å². The standard InChI is InChI=1S/C26H29NO2S/c1-4-29-23-10-6-5-9-21(23)18-27-17-16-24(20-12-14-22(28-3)15-13-20)30-25-11-7-8-19(2)26(25)27/h5-15,24H,4,16-18H2,1-3H3. The molecule has 1 aliphatic heterocycles. The zero-order valence-electron chi connectivity index (χ0n) is 17.9. The van der Waals surface area contributed by atoms with Crippen molar-refractivity contribution in [3.05, 3.63) is 83.4 Å². The van der Waals surface area contributed by atoms with Crippen LogP contribution < -0.4 is 14.4 Å². The molecule has 30 heavy (non-hydrogen) atoms. The van der Waals surface area contributed by atoms with Crippen LogP contribution in [0.5, 0.6) is 11.5 Å². The lowest BCUT2D eigenvalue weighted by molar-refractivity contribution is 0.336. The van der Waals surface area contributed by atoms with Crippen LogP contribution >= 0.6 is 11.8 Å². The van der Waals surface area contributed by atoms with Crippen LogP contribution in [0.25, 0.3) is 0 Å². The van der Waals surface area contributed by atoms with Crippen LogP contribution in [-0.2, 0) is 6.54 Å². The van der Waals surface area contributed by atoms with Gasteiger partial charge in [0.05, 0.1) is 19.4 Å². The van der Waals surface area contributed by atoms with Crippen LogP contribution in [0.1, 0.15) is 35.3 Å². The van der Waals surface area contributed by atoms with Crippen molar-refractivity contribution in [1.29, 1.82) is 0 Å². The molecule has 0 fully saturated rings. The number of anilines is 1. The second-order valence-electron chi connectivity index (χ2n) is 7.55. The average Bonchev–Trinajstić information content (AvgIpc) is 2.96. The van der Waals surface area contributed by atoms with Gasteiger partial charge in [0.25, 0.3) is 0 Å². The van der Waals surface area contributed by atoms with E-state index in [0.717, 1.165) is 31.0 Å². The number of thioether (sulfide) groups is 1. The van der Waals surface area contributed by atoms with Crippen LogP contribution in [-0.4, -0.2) is 20.3 Å². The summed E-state index contributed by atoms with van der Waals surface area (Å²) in [5.41, 5.74) is 5.26. The zero-order valence-corrected chi connectivity index (χ0v) is 18.7. The zero-order chi connectivity index (χ0) is 20.9. The van der Waals surface area contributed by atoms with Crippen LogP contribution in [0.4, 0.5) is 5.69 Å². The fourth-order valence-electron chi connectivity index (χ4n) is 4.08. The minimum Gasteiger partial charge on any atom is -0.497 e. The number of hydrogen-bond donors (Lipinski definition) is 0. The third-order valence-electron chi connectivity index (χ3n) is 5.57. The second kappa shape index (κ2) is 9.48. The molecular formula is C26H29NO2S. The lowest BCUT2D eigenvalue weighted by atomic mass is 10.1. The summed E-state index contributed by atoms with van der Waals surface area (Å²) in [5.74, 6) is 1.89. The summed E-state index contributed by atoms with van der Waals surface area (Å²) < 4.78 is 11.2. The van der Waals surface area contributed by atoms with Crippen molar-refractivity contribution in [2.75, 3.05) is 25.2 Å². The fourth-order valence-corrected chi connectivity index (χ4v) is 5.46. The highest BCUT2D eigenvalue weighted by Gasteiger charge is 2.25. The molecule has 0 saturated carbocycles. The van der Waals surface area contributed by atoms with Gasteiger partial charge in [-0.25, -0.2) is 0 Å². The summed E-state index contributed by atoms with van der Waals surface area (Å²) in [4.78, 5) is 3.88. The van der Waals surface area contributed by atoms with E-state index in [1.165, 1.54) is 27.3 Å². The van der Waals surface area contributed by atoms with Gasteiger partial charge in [-0.05, 0) is 55.7 Å². The number of aryl methyl sites for hydroxylation is 1. The van der Waals surface area contributed by atoms with Crippen molar-refractivity contribution >= 4 is 17.4 Å². The molecule has 0 aromatic heterocycles. The SMILES string of the molecule is CCOc1ccccc1CN1CCC(c2ccc(OC)cc2)Sc2cccc(C)c21. The number of para-hydroxylation sites is 2. The van der Waals surface area contributed by atoms with Gasteiger partial charge in [0.15, 0.2) is 0 Å². The molecule has 1 atom stereocenters. The average molecular weight is 420 g/mol. The largest absolute Gasteiger partial charge is 0.497 e. The highest BCUT2D eigenvalue weighted by molar-refractivity contribution is 7.99. The van der Waals surface area contributed by atoms with E-state index < -0.39 is 0 Å². The Bertz CT molecular complexity index is 987. The third kappa shape index (κ3) is 4.44. The molecule has 0 amide bonds. The minimum absolute atomic E-state index is 0.420. The van der Waals surface area contributed by atoms with E-state index in [1.807, 2.05) is 24.8 Å². The molecule has 0 N–H and O–H groups in total. The normalized spacial score (nSPS) is 16.0. The monoisotopic (exact) mass is 419 g/mol. The van der Waals surface area contributed by atoms with Gasteiger partial charge >= 0.3 is 0 Å². The molecule has 4 heteroatoms. The fraction of sp³-hybridized carbons (Fsp3) is 0.308. The quantitative estimate of drug-likeness (QED) is 0.446. The highest BCUT2D eigenvalue weighted by Crippen LogP contribution is 2.47. The maximum absolute atomic E-state index is 5.90. The Kier molecular flexibility index (Phi) is 6.53. The first kappa shape index (κ1) is 20.7. The Hall–Kier alpha value is -2.59. The number of nitrogens with zero attached hydrogens (tertiary/aromatic N) is 1. The number of fused-ring (bicyclic) bond motifs is 1. The van der Waals surface area contributed by atoms with Crippen LogP contribution in [0, 0.1) is 6.92 Å². The van der Waals surface area contributed by atoms with Gasteiger partial charge in [-0.1, -0.05) is 42.5 Å². The molecular weight excluding hydrogens is 390 g/mol. The molecule has 1 heterocycles. The molecule has 0 spiro atoms. The molecule has 0 saturated heterocycles. The predicted molar refractivity (Wildman–Crippen MR) is 126 cm³/mol. The molecule has 3 aromatic rings. The molecule has 4 rings (SSSR count). The molecule has 0 radical (unpaired) electrons. The molecule has 156 valence electrons. The van der Waals surface area contributed by atoms with Crippen molar-refractivity contribution in [2.45, 2.75) is 37.0 Å². The van der Waals surface area contributed by atoms with Gasteiger partial charge in [-0.3, -0.25) is 0 Å². The van der Waals surface area contributed by atoms with Crippen LogP contribution in [0.3, 0.4) is 0 Å². The van der Waals surface area contributed by atoms with Crippen LogP contribution in [0.15, 0.2) is 71.6 Å². The molecule has 1 unspecified atom stereocenters. The van der Waals surface area contributed by atoms with Crippen molar-refractivity contribution in [2.24, 2.45) is 0 Å². The first-order valence-electron chi connectivity index (χ1n) is 10.6. The topological polar surface area (TPSA) is 21.7 Å². The van der Waals surface area contributed by atoms with E-state index >= 15 is 0 Å². The molecule has 3 aromatic carbocycles. The summed E-state index contributed by atoms with van der Waals surface area (Å²) in [5, 5.41) is 0.420. The van der Waals surface area contributed by atoms with E-state index in [2.05, 4.69) is 72.5 Å². The first-order valence-corrected chi connectivity index (χ1v) is 11.4. The number of hydrogen-bond acceptors (Lipinski definition) is 4. The van der Waals surface area contributed by atoms with Crippen molar-refractivity contribution in [1.82, 2.24) is 0 Å². The van der Waals surface area contributed by atoms with Crippen molar-refractivity contribution in [3.8, 4) is 11.5 Å². The Morgan fingerprint density at radius 2 is 1.80 bits per heavy atom.